The van der Waals surface area contributed by atoms with E-state index in [1.54, 1.807) is 31.3 Å². The molecule has 0 unspecified atom stereocenters. The lowest BCUT2D eigenvalue weighted by molar-refractivity contribution is 0.100. The second-order valence-corrected chi connectivity index (χ2v) is 8.10. The molecular formula is C20H25F2N7O2. The van der Waals surface area contributed by atoms with E-state index in [9.17, 15) is 18.7 Å². The first-order chi connectivity index (χ1) is 14.8. The summed E-state index contributed by atoms with van der Waals surface area (Å²) < 4.78 is 30.7. The average Bonchev–Trinajstić information content (AvgIpc) is 3.35. The molecule has 1 amide bonds. The average molecular weight is 433 g/mol. The Bertz CT molecular complexity index is 1100. The third kappa shape index (κ3) is 3.85. The van der Waals surface area contributed by atoms with Crippen LogP contribution >= 0.6 is 0 Å². The summed E-state index contributed by atoms with van der Waals surface area (Å²) in [5, 5.41) is 17.8. The van der Waals surface area contributed by atoms with E-state index < -0.39 is 18.0 Å². The molecule has 4 rings (SSSR count). The molecule has 3 aromatic heterocycles. The summed E-state index contributed by atoms with van der Waals surface area (Å²) in [4.78, 5) is 18.5. The highest BCUT2D eigenvalue weighted by Gasteiger charge is 2.30. The van der Waals surface area contributed by atoms with Crippen LogP contribution in [0, 0.1) is 5.92 Å². The highest BCUT2D eigenvalue weighted by molar-refractivity contribution is 6.05. The van der Waals surface area contributed by atoms with Gasteiger partial charge in [0.15, 0.2) is 5.65 Å². The van der Waals surface area contributed by atoms with Crippen molar-refractivity contribution >= 4 is 17.4 Å². The smallest absolute Gasteiger partial charge is 0.282 e. The van der Waals surface area contributed by atoms with Crippen LogP contribution in [0.4, 0.5) is 14.6 Å². The number of rotatable bonds is 6. The van der Waals surface area contributed by atoms with Crippen LogP contribution in [0.2, 0.25) is 0 Å². The van der Waals surface area contributed by atoms with Crippen molar-refractivity contribution in [2.24, 2.45) is 11.7 Å². The van der Waals surface area contributed by atoms with Gasteiger partial charge in [-0.25, -0.2) is 18.3 Å². The lowest BCUT2D eigenvalue weighted by Crippen LogP contribution is -2.20. The third-order valence-corrected chi connectivity index (χ3v) is 5.85. The Labute approximate surface area is 177 Å². The van der Waals surface area contributed by atoms with E-state index in [1.807, 2.05) is 0 Å². The Balaban J connectivity index is 1.82. The van der Waals surface area contributed by atoms with E-state index >= 15 is 0 Å². The minimum Gasteiger partial charge on any atom is -0.396 e. The maximum Gasteiger partial charge on any atom is 0.282 e. The number of amides is 1. The summed E-state index contributed by atoms with van der Waals surface area (Å²) in [5.41, 5.74) is 5.47. The molecule has 11 heteroatoms. The first-order valence-electron chi connectivity index (χ1n) is 10.1. The molecule has 1 saturated carbocycles. The summed E-state index contributed by atoms with van der Waals surface area (Å²) in [7, 11) is 3.59. The largest absolute Gasteiger partial charge is 0.396 e. The molecule has 1 aliphatic rings. The topological polar surface area (TPSA) is 115 Å². The predicted molar refractivity (Wildman–Crippen MR) is 110 cm³/mol. The molecule has 9 nitrogen and oxygen atoms in total. The fraction of sp³-hybridized carbons (Fsp3) is 0.500. The highest BCUT2D eigenvalue weighted by atomic mass is 19.3. The Morgan fingerprint density at radius 2 is 2.00 bits per heavy atom. The number of aliphatic hydroxyl groups excluding tert-OH is 1. The molecule has 1 fully saturated rings. The molecular weight excluding hydrogens is 408 g/mol. The standard InChI is InChI=1S/C20H25F2N7O2/c1-27(2)14-7-8-28-20(24-14)15(19(23)31)16(25-28)13-9-29(26-17(13)18(21)22)12-5-3-11(10-30)4-6-12/h7-9,11-12,18,30H,3-6,10H2,1-2H3,(H2,23,31). The number of anilines is 1. The number of halogens is 2. The SMILES string of the molecule is CN(C)c1ccn2nc(-c3cn(C4CCC(CO)CC4)nc3C(F)F)c(C(N)=O)c2n1. The summed E-state index contributed by atoms with van der Waals surface area (Å²) in [5.74, 6) is 0.00872. The van der Waals surface area contributed by atoms with Gasteiger partial charge in [0.1, 0.15) is 22.8 Å². The number of hydrogen-bond donors (Lipinski definition) is 2. The second kappa shape index (κ2) is 8.22. The summed E-state index contributed by atoms with van der Waals surface area (Å²) in [6.45, 7) is 0.129. The van der Waals surface area contributed by atoms with Crippen molar-refractivity contribution in [3.8, 4) is 11.3 Å². The molecule has 0 spiro atoms. The van der Waals surface area contributed by atoms with Crippen LogP contribution in [0.5, 0.6) is 0 Å². The number of carbonyl (C=O) groups excluding carboxylic acids is 1. The minimum atomic E-state index is -2.85. The molecule has 0 saturated heterocycles. The van der Waals surface area contributed by atoms with Crippen molar-refractivity contribution in [3.05, 3.63) is 29.7 Å². The maximum absolute atomic E-state index is 13.9. The Kier molecular flexibility index (Phi) is 5.61. The number of hydrogen-bond acceptors (Lipinski definition) is 6. The van der Waals surface area contributed by atoms with Gasteiger partial charge in [0.25, 0.3) is 12.3 Å². The fourth-order valence-electron chi connectivity index (χ4n) is 4.11. The van der Waals surface area contributed by atoms with Crippen LogP contribution in [0.3, 0.4) is 0 Å². The normalized spacial score (nSPS) is 19.3. The zero-order valence-corrected chi connectivity index (χ0v) is 17.4. The lowest BCUT2D eigenvalue weighted by Gasteiger charge is -2.27. The molecule has 0 bridgehead atoms. The second-order valence-electron chi connectivity index (χ2n) is 8.10. The van der Waals surface area contributed by atoms with Gasteiger partial charge in [-0.3, -0.25) is 9.48 Å². The van der Waals surface area contributed by atoms with Crippen molar-refractivity contribution in [1.82, 2.24) is 24.4 Å². The van der Waals surface area contributed by atoms with Gasteiger partial charge in [-0.1, -0.05) is 0 Å². The van der Waals surface area contributed by atoms with Crippen LogP contribution in [0.1, 0.15) is 54.2 Å². The summed E-state index contributed by atoms with van der Waals surface area (Å²) in [6.07, 6.45) is 3.35. The van der Waals surface area contributed by atoms with E-state index in [-0.39, 0.29) is 41.0 Å². The molecule has 3 heterocycles. The van der Waals surface area contributed by atoms with Gasteiger partial charge in [0.05, 0.1) is 11.6 Å². The van der Waals surface area contributed by atoms with Crippen LogP contribution in [-0.4, -0.2) is 56.1 Å². The zero-order chi connectivity index (χ0) is 22.3. The molecule has 31 heavy (non-hydrogen) atoms. The molecule has 0 radical (unpaired) electrons. The highest BCUT2D eigenvalue weighted by Crippen LogP contribution is 2.37. The molecule has 0 atom stereocenters. The van der Waals surface area contributed by atoms with Crippen LogP contribution in [-0.2, 0) is 0 Å². The van der Waals surface area contributed by atoms with Gasteiger partial charge in [0, 0.05) is 33.1 Å². The molecule has 1 aliphatic carbocycles. The third-order valence-electron chi connectivity index (χ3n) is 5.85. The monoisotopic (exact) mass is 433 g/mol. The Morgan fingerprint density at radius 1 is 1.29 bits per heavy atom. The van der Waals surface area contributed by atoms with Gasteiger partial charge in [0.2, 0.25) is 0 Å². The van der Waals surface area contributed by atoms with Crippen molar-refractivity contribution in [3.63, 3.8) is 0 Å². The van der Waals surface area contributed by atoms with Crippen molar-refractivity contribution < 1.29 is 18.7 Å². The van der Waals surface area contributed by atoms with Gasteiger partial charge < -0.3 is 15.7 Å². The molecule has 3 aromatic rings. The number of fused-ring (bicyclic) bond motifs is 1. The van der Waals surface area contributed by atoms with Gasteiger partial charge >= 0.3 is 0 Å². The molecule has 3 N–H and O–H groups in total. The first-order valence-corrected chi connectivity index (χ1v) is 10.1. The van der Waals surface area contributed by atoms with Crippen molar-refractivity contribution in [2.45, 2.75) is 38.2 Å². The molecule has 0 aliphatic heterocycles. The number of aromatic nitrogens is 5. The van der Waals surface area contributed by atoms with E-state index in [0.29, 0.717) is 5.82 Å². The lowest BCUT2D eigenvalue weighted by atomic mass is 9.87. The Hall–Kier alpha value is -3.08. The van der Waals surface area contributed by atoms with Crippen molar-refractivity contribution in [1.29, 1.82) is 0 Å². The molecule has 166 valence electrons. The van der Waals surface area contributed by atoms with E-state index in [2.05, 4.69) is 15.2 Å². The summed E-state index contributed by atoms with van der Waals surface area (Å²) in [6, 6.07) is 1.65. The first kappa shape index (κ1) is 21.2. The number of alkyl halides is 2. The van der Waals surface area contributed by atoms with Gasteiger partial charge in [-0.2, -0.15) is 10.2 Å². The number of carbonyl (C=O) groups is 1. The number of nitrogens with zero attached hydrogens (tertiary/aromatic N) is 6. The predicted octanol–water partition coefficient (Wildman–Crippen LogP) is 2.42. The van der Waals surface area contributed by atoms with Crippen molar-refractivity contribution in [2.75, 3.05) is 25.6 Å². The maximum atomic E-state index is 13.9. The summed E-state index contributed by atoms with van der Waals surface area (Å²) >= 11 is 0. The van der Waals surface area contributed by atoms with Crippen LogP contribution < -0.4 is 10.6 Å². The van der Waals surface area contributed by atoms with E-state index in [1.165, 1.54) is 15.4 Å². The zero-order valence-electron chi connectivity index (χ0n) is 17.4. The van der Waals surface area contributed by atoms with E-state index in [4.69, 9.17) is 5.73 Å². The number of nitrogens with two attached hydrogens (primary N) is 1. The Morgan fingerprint density at radius 3 is 2.58 bits per heavy atom. The molecule has 0 aromatic carbocycles. The quantitative estimate of drug-likeness (QED) is 0.617. The van der Waals surface area contributed by atoms with Crippen LogP contribution in [0.25, 0.3) is 16.9 Å². The number of primary amides is 1. The minimum absolute atomic E-state index is 0.0193. The van der Waals surface area contributed by atoms with Gasteiger partial charge in [-0.05, 0) is 37.7 Å². The fourth-order valence-corrected chi connectivity index (χ4v) is 4.11. The van der Waals surface area contributed by atoms with Gasteiger partial charge in [-0.15, -0.1) is 0 Å². The number of aliphatic hydroxyl groups is 1. The van der Waals surface area contributed by atoms with E-state index in [0.717, 1.165) is 25.7 Å². The van der Waals surface area contributed by atoms with Crippen LogP contribution in [0.15, 0.2) is 18.5 Å².